The van der Waals surface area contributed by atoms with E-state index >= 15 is 0 Å². The Hall–Kier alpha value is -1.82. The highest BCUT2D eigenvalue weighted by molar-refractivity contribution is 9.10. The van der Waals surface area contributed by atoms with Crippen molar-refractivity contribution in [3.63, 3.8) is 0 Å². The lowest BCUT2D eigenvalue weighted by Crippen LogP contribution is -2.18. The summed E-state index contributed by atoms with van der Waals surface area (Å²) in [5, 5.41) is 1.55. The van der Waals surface area contributed by atoms with E-state index in [4.69, 9.17) is 21.1 Å². The molecule has 0 aliphatic heterocycles. The number of hydrogen-bond donors (Lipinski definition) is 0. The second-order valence-corrected chi connectivity index (χ2v) is 7.40. The van der Waals surface area contributed by atoms with Crippen LogP contribution in [0.1, 0.15) is 11.1 Å². The Bertz CT molecular complexity index is 933. The number of hydrogen-bond acceptors (Lipinski definition) is 4. The zero-order valence-electron chi connectivity index (χ0n) is 14.9. The second-order valence-electron chi connectivity index (χ2n) is 6.13. The quantitative estimate of drug-likeness (QED) is 0.492. The van der Waals surface area contributed by atoms with Crippen LogP contribution in [0.4, 0.5) is 0 Å². The van der Waals surface area contributed by atoms with Gasteiger partial charge in [0.1, 0.15) is 16.7 Å². The summed E-state index contributed by atoms with van der Waals surface area (Å²) in [6.07, 6.45) is 0. The molecule has 6 heteroatoms. The van der Waals surface area contributed by atoms with Gasteiger partial charge in [0, 0.05) is 40.1 Å². The number of aromatic nitrogens is 1. The molecule has 3 rings (SSSR count). The van der Waals surface area contributed by atoms with Crippen LogP contribution in [0.25, 0.3) is 10.9 Å². The Labute approximate surface area is 166 Å². The van der Waals surface area contributed by atoms with Crippen molar-refractivity contribution in [1.82, 2.24) is 9.88 Å². The van der Waals surface area contributed by atoms with Gasteiger partial charge in [0.15, 0.2) is 0 Å². The molecule has 0 amide bonds. The first-order valence-electron chi connectivity index (χ1n) is 8.14. The predicted molar refractivity (Wildman–Crippen MR) is 109 cm³/mol. The fourth-order valence-electron chi connectivity index (χ4n) is 2.91. The molecule has 0 radical (unpaired) electrons. The van der Waals surface area contributed by atoms with Gasteiger partial charge in [-0.15, -0.1) is 0 Å². The lowest BCUT2D eigenvalue weighted by molar-refractivity contribution is 0.310. The SMILES string of the molecule is COc1ccc2cc(CN(C)Cc3cc(Br)ccc3OC)c(Cl)nc2c1. The lowest BCUT2D eigenvalue weighted by atomic mass is 10.1. The minimum absolute atomic E-state index is 0.513. The minimum atomic E-state index is 0.513. The van der Waals surface area contributed by atoms with Gasteiger partial charge in [0.2, 0.25) is 0 Å². The molecule has 3 aromatic rings. The van der Waals surface area contributed by atoms with Crippen LogP contribution in [0.3, 0.4) is 0 Å². The van der Waals surface area contributed by atoms with E-state index in [9.17, 15) is 0 Å². The number of rotatable bonds is 6. The highest BCUT2D eigenvalue weighted by Crippen LogP contribution is 2.27. The molecule has 0 aliphatic carbocycles. The summed E-state index contributed by atoms with van der Waals surface area (Å²) >= 11 is 9.94. The number of benzene rings is 2. The van der Waals surface area contributed by atoms with E-state index in [1.54, 1.807) is 14.2 Å². The second kappa shape index (κ2) is 8.25. The van der Waals surface area contributed by atoms with Crippen molar-refractivity contribution >= 4 is 38.4 Å². The van der Waals surface area contributed by atoms with E-state index in [0.717, 1.165) is 44.5 Å². The Morgan fingerprint density at radius 2 is 1.77 bits per heavy atom. The van der Waals surface area contributed by atoms with E-state index in [1.165, 1.54) is 0 Å². The molecule has 0 atom stereocenters. The summed E-state index contributed by atoms with van der Waals surface area (Å²) in [5.41, 5.74) is 2.93. The molecule has 0 unspecified atom stereocenters. The Morgan fingerprint density at radius 3 is 2.50 bits per heavy atom. The van der Waals surface area contributed by atoms with Crippen molar-refractivity contribution in [3.8, 4) is 11.5 Å². The Kier molecular flexibility index (Phi) is 6.01. The normalized spacial score (nSPS) is 11.2. The zero-order chi connectivity index (χ0) is 18.7. The van der Waals surface area contributed by atoms with Crippen LogP contribution in [-0.4, -0.2) is 31.2 Å². The smallest absolute Gasteiger partial charge is 0.134 e. The van der Waals surface area contributed by atoms with E-state index in [1.807, 2.05) is 30.3 Å². The first-order chi connectivity index (χ1) is 12.5. The van der Waals surface area contributed by atoms with Crippen molar-refractivity contribution in [1.29, 1.82) is 0 Å². The number of fused-ring (bicyclic) bond motifs is 1. The first kappa shape index (κ1) is 19.0. The molecular weight excluding hydrogens is 416 g/mol. The van der Waals surface area contributed by atoms with Crippen LogP contribution in [-0.2, 0) is 13.1 Å². The van der Waals surface area contributed by atoms with Crippen LogP contribution < -0.4 is 9.47 Å². The van der Waals surface area contributed by atoms with Gasteiger partial charge in [-0.2, -0.15) is 0 Å². The zero-order valence-corrected chi connectivity index (χ0v) is 17.3. The fraction of sp³-hybridized carbons (Fsp3) is 0.250. The molecule has 0 saturated heterocycles. The molecule has 0 bridgehead atoms. The standard InChI is InChI=1S/C20H20BrClN2O2/c1-24(11-14-9-16(21)5-7-19(14)26-3)12-15-8-13-4-6-17(25-2)10-18(13)23-20(15)22/h4-10H,11-12H2,1-3H3. The van der Waals surface area contributed by atoms with Crippen molar-refractivity contribution in [3.05, 3.63) is 63.2 Å². The molecule has 26 heavy (non-hydrogen) atoms. The Balaban J connectivity index is 1.82. The highest BCUT2D eigenvalue weighted by atomic mass is 79.9. The van der Waals surface area contributed by atoms with Crippen LogP contribution in [0.2, 0.25) is 5.15 Å². The van der Waals surface area contributed by atoms with Crippen LogP contribution >= 0.6 is 27.5 Å². The number of methoxy groups -OCH3 is 2. The predicted octanol–water partition coefficient (Wildman–Crippen LogP) is 5.30. The third-order valence-corrected chi connectivity index (χ3v) is 4.99. The average molecular weight is 436 g/mol. The monoisotopic (exact) mass is 434 g/mol. The largest absolute Gasteiger partial charge is 0.497 e. The van der Waals surface area contributed by atoms with Crippen LogP contribution in [0.5, 0.6) is 11.5 Å². The van der Waals surface area contributed by atoms with Gasteiger partial charge >= 0.3 is 0 Å². The van der Waals surface area contributed by atoms with Crippen LogP contribution in [0.15, 0.2) is 46.9 Å². The summed E-state index contributed by atoms with van der Waals surface area (Å²) < 4.78 is 11.7. The van der Waals surface area contributed by atoms with Crippen molar-refractivity contribution in [2.45, 2.75) is 13.1 Å². The molecular formula is C20H20BrClN2O2. The van der Waals surface area contributed by atoms with Gasteiger partial charge < -0.3 is 9.47 Å². The van der Waals surface area contributed by atoms with E-state index in [2.05, 4.69) is 45.0 Å². The van der Waals surface area contributed by atoms with Crippen molar-refractivity contribution in [2.75, 3.05) is 21.3 Å². The highest BCUT2D eigenvalue weighted by Gasteiger charge is 2.11. The van der Waals surface area contributed by atoms with E-state index in [-0.39, 0.29) is 0 Å². The molecule has 1 heterocycles. The topological polar surface area (TPSA) is 34.6 Å². The Morgan fingerprint density at radius 1 is 1.00 bits per heavy atom. The maximum atomic E-state index is 6.42. The molecule has 0 N–H and O–H groups in total. The lowest BCUT2D eigenvalue weighted by Gasteiger charge is -2.19. The van der Waals surface area contributed by atoms with Gasteiger partial charge in [0.25, 0.3) is 0 Å². The summed E-state index contributed by atoms with van der Waals surface area (Å²) in [6.45, 7) is 1.42. The number of halogens is 2. The molecule has 0 saturated carbocycles. The molecule has 0 fully saturated rings. The third-order valence-electron chi connectivity index (χ3n) is 4.17. The molecule has 136 valence electrons. The van der Waals surface area contributed by atoms with Gasteiger partial charge in [-0.1, -0.05) is 27.5 Å². The maximum absolute atomic E-state index is 6.42. The average Bonchev–Trinajstić information content (AvgIpc) is 2.62. The van der Waals surface area contributed by atoms with Crippen molar-refractivity contribution < 1.29 is 9.47 Å². The summed E-state index contributed by atoms with van der Waals surface area (Å²) in [4.78, 5) is 6.70. The molecule has 1 aromatic heterocycles. The van der Waals surface area contributed by atoms with E-state index < -0.39 is 0 Å². The maximum Gasteiger partial charge on any atom is 0.134 e. The van der Waals surface area contributed by atoms with Gasteiger partial charge in [-0.05, 0) is 43.4 Å². The van der Waals surface area contributed by atoms with Gasteiger partial charge in [-0.25, -0.2) is 4.98 Å². The molecule has 0 spiro atoms. The first-order valence-corrected chi connectivity index (χ1v) is 9.31. The third kappa shape index (κ3) is 4.29. The number of nitrogens with zero attached hydrogens (tertiary/aromatic N) is 2. The fourth-order valence-corrected chi connectivity index (χ4v) is 3.53. The summed E-state index contributed by atoms with van der Waals surface area (Å²) in [5.74, 6) is 1.64. The number of pyridine rings is 1. The summed E-state index contributed by atoms with van der Waals surface area (Å²) in [7, 11) is 5.38. The van der Waals surface area contributed by atoms with Crippen LogP contribution in [0, 0.1) is 0 Å². The molecule has 4 nitrogen and oxygen atoms in total. The van der Waals surface area contributed by atoms with Crippen molar-refractivity contribution in [2.24, 2.45) is 0 Å². The number of ether oxygens (including phenoxy) is 2. The van der Waals surface area contributed by atoms with Gasteiger partial charge in [-0.3, -0.25) is 4.90 Å². The molecule has 2 aromatic carbocycles. The minimum Gasteiger partial charge on any atom is -0.497 e. The van der Waals surface area contributed by atoms with E-state index in [0.29, 0.717) is 11.7 Å². The van der Waals surface area contributed by atoms with Gasteiger partial charge in [0.05, 0.1) is 19.7 Å². The molecule has 0 aliphatic rings. The summed E-state index contributed by atoms with van der Waals surface area (Å²) in [6, 6.07) is 13.9.